The van der Waals surface area contributed by atoms with Crippen molar-refractivity contribution in [3.05, 3.63) is 28.2 Å². The van der Waals surface area contributed by atoms with Crippen LogP contribution in [-0.2, 0) is 5.41 Å². The minimum absolute atomic E-state index is 0.0318. The van der Waals surface area contributed by atoms with Crippen LogP contribution in [0.25, 0.3) is 0 Å². The first-order valence-electron chi connectivity index (χ1n) is 4.82. The lowest BCUT2D eigenvalue weighted by atomic mass is 9.86. The van der Waals surface area contributed by atoms with Gasteiger partial charge < -0.3 is 4.74 Å². The molecular weight excluding hydrogens is 252 g/mol. The molecule has 0 aliphatic carbocycles. The fourth-order valence-electron chi connectivity index (χ4n) is 1.47. The van der Waals surface area contributed by atoms with Crippen molar-refractivity contribution in [3.63, 3.8) is 0 Å². The van der Waals surface area contributed by atoms with Gasteiger partial charge in [-0.3, -0.25) is 0 Å². The molecule has 0 aliphatic rings. The molecule has 0 saturated heterocycles. The average Bonchev–Trinajstić information content (AvgIpc) is 2.12. The first-order valence-corrected chi connectivity index (χ1v) is 5.61. The maximum Gasteiger partial charge on any atom is 0.148 e. The predicted octanol–water partition coefficient (Wildman–Crippen LogP) is 3.76. The van der Waals surface area contributed by atoms with Gasteiger partial charge in [0.15, 0.2) is 0 Å². The zero-order chi connectivity index (χ0) is 11.5. The number of hydrogen-bond acceptors (Lipinski definition) is 1. The highest BCUT2D eigenvalue weighted by Gasteiger charge is 2.21. The average molecular weight is 267 g/mol. The lowest BCUT2D eigenvalue weighted by molar-refractivity contribution is 0.357. The van der Waals surface area contributed by atoms with Crippen LogP contribution in [-0.4, -0.2) is 6.61 Å². The molecular formula is C13H15BrO. The molecule has 0 unspecified atom stereocenters. The SMILES string of the molecule is C#CCOc1cccc(Br)c1C(C)(C)C. The molecule has 80 valence electrons. The molecule has 0 atom stereocenters. The predicted molar refractivity (Wildman–Crippen MR) is 67.2 cm³/mol. The molecule has 0 N–H and O–H groups in total. The van der Waals surface area contributed by atoms with E-state index in [-0.39, 0.29) is 5.41 Å². The third kappa shape index (κ3) is 3.00. The molecule has 0 aliphatic heterocycles. The van der Waals surface area contributed by atoms with Crippen LogP contribution in [0.15, 0.2) is 22.7 Å². The van der Waals surface area contributed by atoms with Crippen molar-refractivity contribution in [2.24, 2.45) is 0 Å². The van der Waals surface area contributed by atoms with Gasteiger partial charge in [-0.05, 0) is 17.5 Å². The van der Waals surface area contributed by atoms with Crippen LogP contribution < -0.4 is 4.74 Å². The standard InChI is InChI=1S/C13H15BrO/c1-5-9-15-11-8-6-7-10(14)12(11)13(2,3)4/h1,6-8H,9H2,2-4H3. The Hall–Kier alpha value is -0.940. The Balaban J connectivity index is 3.16. The van der Waals surface area contributed by atoms with E-state index in [2.05, 4.69) is 42.6 Å². The van der Waals surface area contributed by atoms with Crippen molar-refractivity contribution in [1.82, 2.24) is 0 Å². The van der Waals surface area contributed by atoms with Crippen molar-refractivity contribution in [2.45, 2.75) is 26.2 Å². The van der Waals surface area contributed by atoms with Gasteiger partial charge in [0, 0.05) is 10.0 Å². The number of benzene rings is 1. The molecule has 1 aromatic rings. The molecule has 1 rings (SSSR count). The topological polar surface area (TPSA) is 9.23 Å². The van der Waals surface area contributed by atoms with Crippen LogP contribution in [0.2, 0.25) is 0 Å². The first kappa shape index (κ1) is 12.1. The smallest absolute Gasteiger partial charge is 0.148 e. The van der Waals surface area contributed by atoms with Crippen LogP contribution in [0.5, 0.6) is 5.75 Å². The summed E-state index contributed by atoms with van der Waals surface area (Å²) in [4.78, 5) is 0. The summed E-state index contributed by atoms with van der Waals surface area (Å²) in [6.07, 6.45) is 5.19. The number of terminal acetylenes is 1. The normalized spacial score (nSPS) is 10.9. The van der Waals surface area contributed by atoms with Gasteiger partial charge in [-0.1, -0.05) is 48.7 Å². The molecule has 0 radical (unpaired) electrons. The van der Waals surface area contributed by atoms with E-state index in [1.807, 2.05) is 18.2 Å². The number of ether oxygens (including phenoxy) is 1. The molecule has 0 aromatic heterocycles. The van der Waals surface area contributed by atoms with E-state index in [4.69, 9.17) is 11.2 Å². The minimum atomic E-state index is 0.0318. The van der Waals surface area contributed by atoms with Crippen LogP contribution in [0.3, 0.4) is 0 Å². The Morgan fingerprint density at radius 3 is 2.60 bits per heavy atom. The van der Waals surface area contributed by atoms with Crippen molar-refractivity contribution in [1.29, 1.82) is 0 Å². The highest BCUT2D eigenvalue weighted by molar-refractivity contribution is 9.10. The third-order valence-corrected chi connectivity index (χ3v) is 2.70. The monoisotopic (exact) mass is 266 g/mol. The van der Waals surface area contributed by atoms with Gasteiger partial charge in [0.2, 0.25) is 0 Å². The molecule has 0 heterocycles. The number of hydrogen-bond donors (Lipinski definition) is 0. The summed E-state index contributed by atoms with van der Waals surface area (Å²) in [6, 6.07) is 5.91. The summed E-state index contributed by atoms with van der Waals surface area (Å²) in [5.74, 6) is 3.33. The molecule has 0 spiro atoms. The minimum Gasteiger partial charge on any atom is -0.481 e. The third-order valence-electron chi connectivity index (χ3n) is 2.04. The summed E-state index contributed by atoms with van der Waals surface area (Å²) in [5, 5.41) is 0. The van der Waals surface area contributed by atoms with Gasteiger partial charge in [0.25, 0.3) is 0 Å². The van der Waals surface area contributed by atoms with Crippen LogP contribution in [0.1, 0.15) is 26.3 Å². The lowest BCUT2D eigenvalue weighted by Gasteiger charge is -2.23. The fraction of sp³-hybridized carbons (Fsp3) is 0.385. The fourth-order valence-corrected chi connectivity index (χ4v) is 2.41. The Morgan fingerprint density at radius 2 is 2.07 bits per heavy atom. The van der Waals surface area contributed by atoms with Gasteiger partial charge in [-0.25, -0.2) is 0 Å². The van der Waals surface area contributed by atoms with Crippen molar-refractivity contribution in [3.8, 4) is 18.1 Å². The Kier molecular flexibility index (Phi) is 3.82. The first-order chi connectivity index (χ1) is 6.96. The Labute approximate surface area is 100.0 Å². The largest absolute Gasteiger partial charge is 0.481 e. The van der Waals surface area contributed by atoms with E-state index in [0.717, 1.165) is 15.8 Å². The number of halogens is 1. The summed E-state index contributed by atoms with van der Waals surface area (Å²) in [6.45, 7) is 6.75. The summed E-state index contributed by atoms with van der Waals surface area (Å²) < 4.78 is 6.59. The second kappa shape index (κ2) is 4.72. The van der Waals surface area contributed by atoms with E-state index >= 15 is 0 Å². The van der Waals surface area contributed by atoms with Crippen molar-refractivity contribution in [2.75, 3.05) is 6.61 Å². The molecule has 1 nitrogen and oxygen atoms in total. The molecule has 15 heavy (non-hydrogen) atoms. The Bertz CT molecular complexity index is 383. The maximum atomic E-state index is 5.53. The molecule has 1 aromatic carbocycles. The maximum absolute atomic E-state index is 5.53. The molecule has 0 amide bonds. The van der Waals surface area contributed by atoms with E-state index < -0.39 is 0 Å². The van der Waals surface area contributed by atoms with E-state index in [1.165, 1.54) is 0 Å². The van der Waals surface area contributed by atoms with Gasteiger partial charge >= 0.3 is 0 Å². The molecule has 0 saturated carbocycles. The second-order valence-electron chi connectivity index (χ2n) is 4.36. The van der Waals surface area contributed by atoms with Gasteiger partial charge in [0.05, 0.1) is 0 Å². The quantitative estimate of drug-likeness (QED) is 0.741. The molecule has 2 heteroatoms. The second-order valence-corrected chi connectivity index (χ2v) is 5.21. The summed E-state index contributed by atoms with van der Waals surface area (Å²) in [7, 11) is 0. The highest BCUT2D eigenvalue weighted by atomic mass is 79.9. The van der Waals surface area contributed by atoms with Crippen molar-refractivity contribution < 1.29 is 4.74 Å². The lowest BCUT2D eigenvalue weighted by Crippen LogP contribution is -2.14. The van der Waals surface area contributed by atoms with Crippen LogP contribution >= 0.6 is 15.9 Å². The van der Waals surface area contributed by atoms with Crippen LogP contribution in [0.4, 0.5) is 0 Å². The zero-order valence-electron chi connectivity index (χ0n) is 9.30. The summed E-state index contributed by atoms with van der Waals surface area (Å²) >= 11 is 3.54. The van der Waals surface area contributed by atoms with Gasteiger partial charge in [0.1, 0.15) is 12.4 Å². The highest BCUT2D eigenvalue weighted by Crippen LogP contribution is 2.36. The molecule has 0 fully saturated rings. The number of rotatable bonds is 2. The Morgan fingerprint density at radius 1 is 1.40 bits per heavy atom. The van der Waals surface area contributed by atoms with Crippen LogP contribution in [0, 0.1) is 12.3 Å². The van der Waals surface area contributed by atoms with E-state index in [9.17, 15) is 0 Å². The molecule has 0 bridgehead atoms. The van der Waals surface area contributed by atoms with E-state index in [1.54, 1.807) is 0 Å². The van der Waals surface area contributed by atoms with E-state index in [0.29, 0.717) is 6.61 Å². The zero-order valence-corrected chi connectivity index (χ0v) is 10.9. The van der Waals surface area contributed by atoms with Crippen molar-refractivity contribution >= 4 is 15.9 Å². The van der Waals surface area contributed by atoms with Gasteiger partial charge in [-0.15, -0.1) is 6.42 Å². The summed E-state index contributed by atoms with van der Waals surface area (Å²) in [5.41, 5.74) is 1.18. The van der Waals surface area contributed by atoms with Gasteiger partial charge in [-0.2, -0.15) is 0 Å².